The van der Waals surface area contributed by atoms with Crippen LogP contribution in [-0.2, 0) is 6.67 Å². The number of para-hydroxylation sites is 2. The number of tetrazole rings is 1. The van der Waals surface area contributed by atoms with Gasteiger partial charge in [0.05, 0.1) is 34.9 Å². The van der Waals surface area contributed by atoms with Crippen LogP contribution in [0.2, 0.25) is 0 Å². The van der Waals surface area contributed by atoms with Gasteiger partial charge in [0.2, 0.25) is 0 Å². The molecule has 0 saturated carbocycles. The molecule has 0 bridgehead atoms. The van der Waals surface area contributed by atoms with E-state index in [4.69, 9.17) is 4.98 Å². The lowest BCUT2D eigenvalue weighted by Gasteiger charge is -2.28. The molecule has 2 aromatic carbocycles. The van der Waals surface area contributed by atoms with Crippen LogP contribution >= 0.6 is 11.3 Å². The molecule has 0 aliphatic carbocycles. The molecular weight excluding hydrogens is 372 g/mol. The third kappa shape index (κ3) is 3.25. The lowest BCUT2D eigenvalue weighted by atomic mass is 9.99. The smallest absolute Gasteiger partial charge is 0.316 e. The maximum absolute atomic E-state index is 12.7. The second kappa shape index (κ2) is 7.29. The van der Waals surface area contributed by atoms with E-state index in [0.717, 1.165) is 37.1 Å². The van der Waals surface area contributed by atoms with E-state index in [1.54, 1.807) is 11.3 Å². The molecule has 0 radical (unpaired) electrons. The Bertz CT molecular complexity index is 1120. The van der Waals surface area contributed by atoms with Gasteiger partial charge < -0.3 is 4.90 Å². The zero-order valence-electron chi connectivity index (χ0n) is 15.4. The Labute approximate surface area is 165 Å². The van der Waals surface area contributed by atoms with Crippen molar-refractivity contribution < 1.29 is 4.90 Å². The average molecular weight is 393 g/mol. The zero-order chi connectivity index (χ0) is 18.9. The van der Waals surface area contributed by atoms with Crippen molar-refractivity contribution in [1.82, 2.24) is 24.8 Å². The number of aromatic nitrogens is 5. The van der Waals surface area contributed by atoms with Crippen molar-refractivity contribution in [3.05, 3.63) is 70.1 Å². The number of piperidine rings is 1. The SMILES string of the molecule is O=c1n(C[NH+]2CCC[C@H](c3nc4ccccc4s3)C2)nnn1-c1ccccc1. The average Bonchev–Trinajstić information content (AvgIpc) is 3.33. The van der Waals surface area contributed by atoms with Crippen LogP contribution in [0.25, 0.3) is 15.9 Å². The standard InChI is InChI=1S/C20H20N6OS/c27-20-25(22-23-26(20)16-8-2-1-3-9-16)14-24-12-6-7-15(13-24)19-21-17-10-4-5-11-18(17)28-19/h1-5,8-11,15H,6-7,12-14H2/p+1/t15-/m0/s1. The first-order valence-corrected chi connectivity index (χ1v) is 10.4. The lowest BCUT2D eigenvalue weighted by molar-refractivity contribution is -0.929. The maximum atomic E-state index is 12.7. The van der Waals surface area contributed by atoms with E-state index in [1.165, 1.54) is 24.0 Å². The van der Waals surface area contributed by atoms with Gasteiger partial charge in [0.15, 0.2) is 6.67 Å². The number of quaternary nitrogens is 1. The zero-order valence-corrected chi connectivity index (χ0v) is 16.2. The minimum absolute atomic E-state index is 0.194. The molecule has 8 heteroatoms. The number of benzene rings is 2. The van der Waals surface area contributed by atoms with Crippen LogP contribution in [0, 0.1) is 0 Å². The predicted molar refractivity (Wildman–Crippen MR) is 108 cm³/mol. The quantitative estimate of drug-likeness (QED) is 0.570. The molecule has 2 atom stereocenters. The fourth-order valence-electron chi connectivity index (χ4n) is 3.89. The molecule has 142 valence electrons. The number of nitrogens with zero attached hydrogens (tertiary/aromatic N) is 5. The van der Waals surface area contributed by atoms with Crippen molar-refractivity contribution in [1.29, 1.82) is 0 Å². The third-order valence-corrected chi connectivity index (χ3v) is 6.49. The minimum Gasteiger partial charge on any atom is -0.316 e. The second-order valence-corrected chi connectivity index (χ2v) is 8.29. The molecule has 28 heavy (non-hydrogen) atoms. The molecule has 0 spiro atoms. The topological polar surface area (TPSA) is 70.0 Å². The Morgan fingerprint density at radius 1 is 1.07 bits per heavy atom. The van der Waals surface area contributed by atoms with E-state index in [0.29, 0.717) is 12.6 Å². The Morgan fingerprint density at radius 2 is 1.89 bits per heavy atom. The summed E-state index contributed by atoms with van der Waals surface area (Å²) in [7, 11) is 0. The minimum atomic E-state index is -0.194. The summed E-state index contributed by atoms with van der Waals surface area (Å²) in [5.41, 5.74) is 1.62. The van der Waals surface area contributed by atoms with Gasteiger partial charge in [-0.05, 0) is 47.5 Å². The highest BCUT2D eigenvalue weighted by Crippen LogP contribution is 2.30. The van der Waals surface area contributed by atoms with E-state index >= 15 is 0 Å². The molecule has 3 heterocycles. The first kappa shape index (κ1) is 17.3. The Kier molecular flexibility index (Phi) is 4.50. The molecule has 1 unspecified atom stereocenters. The summed E-state index contributed by atoms with van der Waals surface area (Å²) < 4.78 is 4.07. The third-order valence-electron chi connectivity index (χ3n) is 5.29. The largest absolute Gasteiger partial charge is 0.373 e. The lowest BCUT2D eigenvalue weighted by Crippen LogP contribution is -3.13. The van der Waals surface area contributed by atoms with Gasteiger partial charge in [0.25, 0.3) is 0 Å². The normalized spacial score (nSPS) is 19.9. The number of rotatable bonds is 4. The molecule has 0 amide bonds. The summed E-state index contributed by atoms with van der Waals surface area (Å²) in [6, 6.07) is 17.7. The van der Waals surface area contributed by atoms with Crippen LogP contribution in [0.3, 0.4) is 0 Å². The van der Waals surface area contributed by atoms with Crippen LogP contribution in [0.5, 0.6) is 0 Å². The Balaban J connectivity index is 1.33. The van der Waals surface area contributed by atoms with Crippen molar-refractivity contribution >= 4 is 21.6 Å². The number of nitrogens with one attached hydrogen (secondary N) is 1. The van der Waals surface area contributed by atoms with Crippen molar-refractivity contribution in [3.63, 3.8) is 0 Å². The molecule has 4 aromatic rings. The number of fused-ring (bicyclic) bond motifs is 1. The monoisotopic (exact) mass is 393 g/mol. The molecular formula is C20H21N6OS+. The Morgan fingerprint density at radius 3 is 2.75 bits per heavy atom. The summed E-state index contributed by atoms with van der Waals surface area (Å²) in [5, 5.41) is 9.36. The predicted octanol–water partition coefficient (Wildman–Crippen LogP) is 1.46. The molecule has 1 saturated heterocycles. The number of likely N-dealkylation sites (tertiary alicyclic amines) is 1. The van der Waals surface area contributed by atoms with E-state index < -0.39 is 0 Å². The van der Waals surface area contributed by atoms with Gasteiger partial charge in [-0.1, -0.05) is 30.3 Å². The maximum Gasteiger partial charge on any atom is 0.373 e. The van der Waals surface area contributed by atoms with Crippen LogP contribution < -0.4 is 10.6 Å². The summed E-state index contributed by atoms with van der Waals surface area (Å²) in [4.78, 5) is 18.9. The van der Waals surface area contributed by atoms with Crippen LogP contribution in [0.1, 0.15) is 23.8 Å². The summed E-state index contributed by atoms with van der Waals surface area (Å²) in [6.07, 6.45) is 2.27. The Hall–Kier alpha value is -2.84. The second-order valence-electron chi connectivity index (χ2n) is 7.23. The van der Waals surface area contributed by atoms with Crippen LogP contribution in [0.15, 0.2) is 59.4 Å². The molecule has 5 rings (SSSR count). The summed E-state index contributed by atoms with van der Waals surface area (Å²) >= 11 is 1.79. The summed E-state index contributed by atoms with van der Waals surface area (Å²) in [5.74, 6) is 0.432. The molecule has 1 N–H and O–H groups in total. The number of thiazole rings is 1. The molecule has 1 fully saturated rings. The van der Waals surface area contributed by atoms with E-state index in [2.05, 4.69) is 28.6 Å². The first-order valence-electron chi connectivity index (χ1n) is 9.55. The molecule has 2 aromatic heterocycles. The van der Waals surface area contributed by atoms with Gasteiger partial charge in [0, 0.05) is 0 Å². The first-order chi connectivity index (χ1) is 13.8. The van der Waals surface area contributed by atoms with E-state index in [1.807, 2.05) is 36.4 Å². The molecule has 7 nitrogen and oxygen atoms in total. The number of hydrogen-bond acceptors (Lipinski definition) is 5. The van der Waals surface area contributed by atoms with Crippen molar-refractivity contribution in [2.45, 2.75) is 25.4 Å². The fraction of sp³-hybridized carbons (Fsp3) is 0.300. The van der Waals surface area contributed by atoms with Gasteiger partial charge in [-0.25, -0.2) is 9.78 Å². The van der Waals surface area contributed by atoms with Gasteiger partial charge >= 0.3 is 5.69 Å². The molecule has 1 aliphatic heterocycles. The van der Waals surface area contributed by atoms with Crippen LogP contribution in [-0.4, -0.2) is 37.9 Å². The van der Waals surface area contributed by atoms with Gasteiger partial charge in [0.1, 0.15) is 5.01 Å². The fourth-order valence-corrected chi connectivity index (χ4v) is 4.99. The van der Waals surface area contributed by atoms with Gasteiger partial charge in [-0.15, -0.1) is 16.0 Å². The summed E-state index contributed by atoms with van der Waals surface area (Å²) in [6.45, 7) is 2.53. The van der Waals surface area contributed by atoms with Crippen molar-refractivity contribution in [2.75, 3.05) is 13.1 Å². The number of hydrogen-bond donors (Lipinski definition) is 1. The highest BCUT2D eigenvalue weighted by Gasteiger charge is 2.28. The van der Waals surface area contributed by atoms with Crippen LogP contribution in [0.4, 0.5) is 0 Å². The highest BCUT2D eigenvalue weighted by atomic mass is 32.1. The van der Waals surface area contributed by atoms with Crippen molar-refractivity contribution in [3.8, 4) is 5.69 Å². The highest BCUT2D eigenvalue weighted by molar-refractivity contribution is 7.18. The van der Waals surface area contributed by atoms with Crippen molar-refractivity contribution in [2.24, 2.45) is 0 Å². The van der Waals surface area contributed by atoms with Gasteiger partial charge in [-0.3, -0.25) is 0 Å². The van der Waals surface area contributed by atoms with E-state index in [9.17, 15) is 4.79 Å². The van der Waals surface area contributed by atoms with Gasteiger partial charge in [-0.2, -0.15) is 4.68 Å². The van der Waals surface area contributed by atoms with E-state index in [-0.39, 0.29) is 5.69 Å². The molecule has 1 aliphatic rings.